The van der Waals surface area contributed by atoms with Gasteiger partial charge in [0.25, 0.3) is 5.91 Å². The molecule has 41 heavy (non-hydrogen) atoms. The van der Waals surface area contributed by atoms with E-state index in [4.69, 9.17) is 18.9 Å². The first-order chi connectivity index (χ1) is 19.9. The standard InChI is InChI=1S/C32H45N3O6/c1-23(2)34(32(37)25-11-14-28(39-4)29(17-25)40-16-8-15-38-3)21-26-18-33-19-30(26)41-22-31(36)35(27-12-13-27)20-24-9-6-5-7-10-24/h5-7,9-11,14,17,23,26-27,30,33H,8,12-13,15-16,18-22H2,1-4H3/t26-,30-/m0/s1. The third-order valence-electron chi connectivity index (χ3n) is 7.68. The van der Waals surface area contributed by atoms with Gasteiger partial charge in [0.15, 0.2) is 11.5 Å². The number of rotatable bonds is 16. The lowest BCUT2D eigenvalue weighted by atomic mass is 10.0. The van der Waals surface area contributed by atoms with Gasteiger partial charge < -0.3 is 34.1 Å². The summed E-state index contributed by atoms with van der Waals surface area (Å²) >= 11 is 0. The van der Waals surface area contributed by atoms with Gasteiger partial charge in [0.1, 0.15) is 6.61 Å². The third-order valence-corrected chi connectivity index (χ3v) is 7.68. The Balaban J connectivity index is 1.37. The molecule has 1 saturated carbocycles. The van der Waals surface area contributed by atoms with Crippen LogP contribution in [0.15, 0.2) is 48.5 Å². The molecule has 2 amide bonds. The fourth-order valence-corrected chi connectivity index (χ4v) is 5.19. The zero-order chi connectivity index (χ0) is 29.2. The Kier molecular flexibility index (Phi) is 11.4. The molecule has 2 aromatic carbocycles. The molecule has 2 atom stereocenters. The lowest BCUT2D eigenvalue weighted by Crippen LogP contribution is -2.44. The van der Waals surface area contributed by atoms with Gasteiger partial charge in [-0.25, -0.2) is 0 Å². The van der Waals surface area contributed by atoms with E-state index in [0.717, 1.165) is 31.4 Å². The second-order valence-electron chi connectivity index (χ2n) is 11.1. The summed E-state index contributed by atoms with van der Waals surface area (Å²) in [4.78, 5) is 30.7. The van der Waals surface area contributed by atoms with Crippen molar-refractivity contribution < 1.29 is 28.5 Å². The fourth-order valence-electron chi connectivity index (χ4n) is 5.19. The van der Waals surface area contributed by atoms with E-state index in [1.165, 1.54) is 0 Å². The van der Waals surface area contributed by atoms with Crippen molar-refractivity contribution in [2.75, 3.05) is 53.7 Å². The highest BCUT2D eigenvalue weighted by Crippen LogP contribution is 2.30. The van der Waals surface area contributed by atoms with E-state index in [0.29, 0.717) is 56.0 Å². The van der Waals surface area contributed by atoms with Gasteiger partial charge in [0.2, 0.25) is 5.91 Å². The summed E-state index contributed by atoms with van der Waals surface area (Å²) in [7, 11) is 3.24. The quantitative estimate of drug-likeness (QED) is 0.309. The maximum absolute atomic E-state index is 13.7. The Bertz CT molecular complexity index is 1120. The molecule has 0 spiro atoms. The van der Waals surface area contributed by atoms with Crippen molar-refractivity contribution >= 4 is 11.8 Å². The molecule has 1 saturated heterocycles. The highest BCUT2D eigenvalue weighted by molar-refractivity contribution is 5.95. The van der Waals surface area contributed by atoms with Gasteiger partial charge in [-0.3, -0.25) is 9.59 Å². The van der Waals surface area contributed by atoms with E-state index in [-0.39, 0.29) is 36.5 Å². The van der Waals surface area contributed by atoms with Crippen LogP contribution in [0.1, 0.15) is 49.0 Å². The van der Waals surface area contributed by atoms with E-state index in [1.54, 1.807) is 32.4 Å². The average molecular weight is 568 g/mol. The highest BCUT2D eigenvalue weighted by Gasteiger charge is 2.35. The first kappa shape index (κ1) is 30.8. The summed E-state index contributed by atoms with van der Waals surface area (Å²) in [6, 6.07) is 15.7. The molecule has 0 radical (unpaired) electrons. The average Bonchev–Trinajstić information content (AvgIpc) is 3.73. The largest absolute Gasteiger partial charge is 0.493 e. The minimum atomic E-state index is -0.152. The van der Waals surface area contributed by atoms with Crippen molar-refractivity contribution in [2.24, 2.45) is 5.92 Å². The van der Waals surface area contributed by atoms with Crippen LogP contribution in [-0.2, 0) is 20.8 Å². The second kappa shape index (κ2) is 15.2. The molecule has 2 aromatic rings. The first-order valence-electron chi connectivity index (χ1n) is 14.7. The number of amides is 2. The number of benzene rings is 2. The molecule has 1 heterocycles. The smallest absolute Gasteiger partial charge is 0.254 e. The van der Waals surface area contributed by atoms with Crippen molar-refractivity contribution in [2.45, 2.75) is 57.8 Å². The van der Waals surface area contributed by atoms with Crippen molar-refractivity contribution in [3.05, 3.63) is 59.7 Å². The molecule has 2 aliphatic rings. The van der Waals surface area contributed by atoms with Gasteiger partial charge in [0.05, 0.1) is 19.8 Å². The predicted molar refractivity (Wildman–Crippen MR) is 157 cm³/mol. The second-order valence-corrected chi connectivity index (χ2v) is 11.1. The molecule has 4 rings (SSSR count). The summed E-state index contributed by atoms with van der Waals surface area (Å²) in [5.41, 5.74) is 1.67. The van der Waals surface area contributed by atoms with E-state index in [1.807, 2.05) is 41.8 Å². The van der Waals surface area contributed by atoms with E-state index in [2.05, 4.69) is 17.4 Å². The molecule has 1 aliphatic heterocycles. The summed E-state index contributed by atoms with van der Waals surface area (Å²) in [5, 5.41) is 3.40. The van der Waals surface area contributed by atoms with Crippen LogP contribution in [0.3, 0.4) is 0 Å². The van der Waals surface area contributed by atoms with Crippen LogP contribution in [0, 0.1) is 5.92 Å². The number of hydrogen-bond donors (Lipinski definition) is 1. The Morgan fingerprint density at radius 3 is 2.46 bits per heavy atom. The number of carbonyl (C=O) groups excluding carboxylic acids is 2. The monoisotopic (exact) mass is 567 g/mol. The number of methoxy groups -OCH3 is 2. The van der Waals surface area contributed by atoms with Crippen LogP contribution in [-0.4, -0.2) is 93.5 Å². The summed E-state index contributed by atoms with van der Waals surface area (Å²) in [6.07, 6.45) is 2.67. The number of hydrogen-bond acceptors (Lipinski definition) is 7. The molecular formula is C32H45N3O6. The molecule has 9 nitrogen and oxygen atoms in total. The van der Waals surface area contributed by atoms with Crippen molar-refractivity contribution in [3.63, 3.8) is 0 Å². The number of nitrogens with zero attached hydrogens (tertiary/aromatic N) is 2. The third kappa shape index (κ3) is 8.67. The van der Waals surface area contributed by atoms with Crippen molar-refractivity contribution in [1.29, 1.82) is 0 Å². The minimum absolute atomic E-state index is 0.0187. The van der Waals surface area contributed by atoms with Gasteiger partial charge in [-0.1, -0.05) is 30.3 Å². The van der Waals surface area contributed by atoms with E-state index >= 15 is 0 Å². The van der Waals surface area contributed by atoms with Crippen LogP contribution < -0.4 is 14.8 Å². The van der Waals surface area contributed by atoms with Crippen LogP contribution in [0.5, 0.6) is 11.5 Å². The summed E-state index contributed by atoms with van der Waals surface area (Å²) in [6.45, 7) is 7.65. The molecule has 1 N–H and O–H groups in total. The van der Waals surface area contributed by atoms with Crippen molar-refractivity contribution in [3.8, 4) is 11.5 Å². The van der Waals surface area contributed by atoms with E-state index in [9.17, 15) is 9.59 Å². The van der Waals surface area contributed by atoms with Gasteiger partial charge >= 0.3 is 0 Å². The Labute approximate surface area is 244 Å². The van der Waals surface area contributed by atoms with Crippen LogP contribution >= 0.6 is 0 Å². The summed E-state index contributed by atoms with van der Waals surface area (Å²) in [5.74, 6) is 1.14. The zero-order valence-corrected chi connectivity index (χ0v) is 24.8. The normalized spacial score (nSPS) is 18.4. The first-order valence-corrected chi connectivity index (χ1v) is 14.7. The number of nitrogens with one attached hydrogen (secondary N) is 1. The molecule has 0 bridgehead atoms. The van der Waals surface area contributed by atoms with Gasteiger partial charge in [-0.05, 0) is 50.5 Å². The lowest BCUT2D eigenvalue weighted by molar-refractivity contribution is -0.140. The summed E-state index contributed by atoms with van der Waals surface area (Å²) < 4.78 is 22.7. The highest BCUT2D eigenvalue weighted by atomic mass is 16.5. The molecule has 9 heteroatoms. The molecule has 2 fully saturated rings. The maximum atomic E-state index is 13.7. The van der Waals surface area contributed by atoms with Crippen LogP contribution in [0.25, 0.3) is 0 Å². The number of ether oxygens (including phenoxy) is 4. The Hall–Kier alpha value is -3.14. The fraction of sp³-hybridized carbons (Fsp3) is 0.562. The van der Waals surface area contributed by atoms with Gasteiger partial charge in [0, 0.05) is 69.9 Å². The molecule has 1 aliphatic carbocycles. The topological polar surface area (TPSA) is 89.6 Å². The number of carbonyl (C=O) groups is 2. The van der Waals surface area contributed by atoms with Crippen LogP contribution in [0.4, 0.5) is 0 Å². The van der Waals surface area contributed by atoms with Gasteiger partial charge in [-0.15, -0.1) is 0 Å². The van der Waals surface area contributed by atoms with Crippen molar-refractivity contribution in [1.82, 2.24) is 15.1 Å². The zero-order valence-electron chi connectivity index (χ0n) is 24.8. The van der Waals surface area contributed by atoms with Gasteiger partial charge in [-0.2, -0.15) is 0 Å². The Morgan fingerprint density at radius 2 is 1.78 bits per heavy atom. The maximum Gasteiger partial charge on any atom is 0.254 e. The molecule has 0 aromatic heterocycles. The Morgan fingerprint density at radius 1 is 1.00 bits per heavy atom. The SMILES string of the molecule is COCCCOc1cc(C(=O)N(C[C@@H]2CNC[C@@H]2OCC(=O)N(Cc2ccccc2)C2CC2)C(C)C)ccc1OC. The minimum Gasteiger partial charge on any atom is -0.493 e. The van der Waals surface area contributed by atoms with Crippen LogP contribution in [0.2, 0.25) is 0 Å². The molecule has 224 valence electrons. The molecular weight excluding hydrogens is 522 g/mol. The van der Waals surface area contributed by atoms with E-state index < -0.39 is 0 Å². The predicted octanol–water partition coefficient (Wildman–Crippen LogP) is 3.76. The molecule has 0 unspecified atom stereocenters. The lowest BCUT2D eigenvalue weighted by Gasteiger charge is -2.32.